The van der Waals surface area contributed by atoms with E-state index in [0.717, 1.165) is 25.1 Å². The van der Waals surface area contributed by atoms with Gasteiger partial charge in [0.05, 0.1) is 25.4 Å². The first-order valence-corrected chi connectivity index (χ1v) is 8.04. The summed E-state index contributed by atoms with van der Waals surface area (Å²) >= 11 is 0. The maximum atomic E-state index is 9.95. The molecule has 116 valence electrons. The number of hydrogen-bond acceptors (Lipinski definition) is 4. The van der Waals surface area contributed by atoms with Crippen molar-refractivity contribution in [3.63, 3.8) is 0 Å². The van der Waals surface area contributed by atoms with E-state index in [9.17, 15) is 5.11 Å². The highest BCUT2D eigenvalue weighted by Crippen LogP contribution is 2.24. The third kappa shape index (κ3) is 4.19. The number of aryl methyl sites for hydroxylation is 2. The van der Waals surface area contributed by atoms with Crippen molar-refractivity contribution in [3.8, 4) is 0 Å². The number of nitrogens with one attached hydrogen (secondary N) is 1. The van der Waals surface area contributed by atoms with E-state index in [-0.39, 0.29) is 6.10 Å². The first-order valence-electron chi connectivity index (χ1n) is 8.04. The fraction of sp³-hybridized carbons (Fsp3) is 0.647. The Morgan fingerprint density at radius 3 is 3.05 bits per heavy atom. The zero-order chi connectivity index (χ0) is 14.5. The van der Waals surface area contributed by atoms with Crippen molar-refractivity contribution >= 4 is 5.69 Å². The van der Waals surface area contributed by atoms with Crippen molar-refractivity contribution in [2.45, 2.75) is 44.3 Å². The predicted molar refractivity (Wildman–Crippen MR) is 82.8 cm³/mol. The van der Waals surface area contributed by atoms with Crippen molar-refractivity contribution in [2.75, 3.05) is 31.7 Å². The van der Waals surface area contributed by atoms with Crippen LogP contribution >= 0.6 is 0 Å². The van der Waals surface area contributed by atoms with Gasteiger partial charge in [-0.1, -0.05) is 6.07 Å². The molecule has 0 bridgehead atoms. The number of hydrogen-bond donors (Lipinski definition) is 2. The SMILES string of the molecule is OC(CNc1ccc2c(c1)CCC2)COCC1CCCO1. The van der Waals surface area contributed by atoms with E-state index in [1.807, 2.05) is 0 Å². The van der Waals surface area contributed by atoms with Gasteiger partial charge >= 0.3 is 0 Å². The molecule has 1 saturated heterocycles. The van der Waals surface area contributed by atoms with Crippen LogP contribution in [0, 0.1) is 0 Å². The van der Waals surface area contributed by atoms with Gasteiger partial charge in [-0.25, -0.2) is 0 Å². The van der Waals surface area contributed by atoms with E-state index in [0.29, 0.717) is 19.8 Å². The number of aliphatic hydroxyl groups excluding tert-OH is 1. The zero-order valence-electron chi connectivity index (χ0n) is 12.5. The monoisotopic (exact) mass is 291 g/mol. The van der Waals surface area contributed by atoms with Gasteiger partial charge in [-0.2, -0.15) is 0 Å². The lowest BCUT2D eigenvalue weighted by molar-refractivity contribution is -0.0137. The van der Waals surface area contributed by atoms with Gasteiger partial charge in [0.2, 0.25) is 0 Å². The molecular formula is C17H25NO3. The molecule has 1 aromatic rings. The Kier molecular flexibility index (Phi) is 5.12. The molecule has 3 rings (SSSR count). The molecule has 1 heterocycles. The number of anilines is 1. The maximum absolute atomic E-state index is 9.95. The van der Waals surface area contributed by atoms with Gasteiger partial charge < -0.3 is 19.9 Å². The number of ether oxygens (including phenoxy) is 2. The second kappa shape index (κ2) is 7.25. The van der Waals surface area contributed by atoms with Gasteiger partial charge in [0.15, 0.2) is 0 Å². The summed E-state index contributed by atoms with van der Waals surface area (Å²) in [7, 11) is 0. The lowest BCUT2D eigenvalue weighted by Gasteiger charge is -2.15. The average Bonchev–Trinajstić information content (AvgIpc) is 3.15. The Morgan fingerprint density at radius 2 is 2.19 bits per heavy atom. The summed E-state index contributed by atoms with van der Waals surface area (Å²) in [6.07, 6.45) is 5.58. The summed E-state index contributed by atoms with van der Waals surface area (Å²) in [6.45, 7) is 2.31. The normalized spacial score (nSPS) is 22.2. The topological polar surface area (TPSA) is 50.7 Å². The van der Waals surface area contributed by atoms with Crippen LogP contribution in [0.15, 0.2) is 18.2 Å². The summed E-state index contributed by atoms with van der Waals surface area (Å²) < 4.78 is 11.0. The standard InChI is InChI=1S/C17H25NO3/c19-16(11-20-12-17-5-2-8-21-17)10-18-15-7-6-13-3-1-4-14(13)9-15/h6-7,9,16-19H,1-5,8,10-12H2. The molecule has 1 aromatic carbocycles. The lowest BCUT2D eigenvalue weighted by atomic mass is 10.1. The Balaban J connectivity index is 1.36. The molecule has 2 unspecified atom stereocenters. The second-order valence-corrected chi connectivity index (χ2v) is 6.04. The van der Waals surface area contributed by atoms with Crippen molar-refractivity contribution in [3.05, 3.63) is 29.3 Å². The smallest absolute Gasteiger partial charge is 0.0945 e. The zero-order valence-corrected chi connectivity index (χ0v) is 12.5. The lowest BCUT2D eigenvalue weighted by Crippen LogP contribution is -2.27. The Morgan fingerprint density at radius 1 is 1.29 bits per heavy atom. The molecule has 2 atom stereocenters. The summed E-state index contributed by atoms with van der Waals surface area (Å²) in [5, 5.41) is 13.2. The van der Waals surface area contributed by atoms with Crippen molar-refractivity contribution < 1.29 is 14.6 Å². The van der Waals surface area contributed by atoms with Gasteiger partial charge in [0.25, 0.3) is 0 Å². The first-order chi connectivity index (χ1) is 10.3. The molecule has 0 saturated carbocycles. The second-order valence-electron chi connectivity index (χ2n) is 6.04. The van der Waals surface area contributed by atoms with E-state index in [2.05, 4.69) is 23.5 Å². The third-order valence-corrected chi connectivity index (χ3v) is 4.28. The van der Waals surface area contributed by atoms with Crippen LogP contribution in [0.2, 0.25) is 0 Å². The van der Waals surface area contributed by atoms with Gasteiger partial charge in [0.1, 0.15) is 0 Å². The van der Waals surface area contributed by atoms with Crippen molar-refractivity contribution in [1.29, 1.82) is 0 Å². The molecule has 0 spiro atoms. The molecule has 1 aliphatic heterocycles. The average molecular weight is 291 g/mol. The molecule has 1 aliphatic carbocycles. The number of benzene rings is 1. The van der Waals surface area contributed by atoms with E-state index in [1.165, 1.54) is 30.4 Å². The Hall–Kier alpha value is -1.10. The minimum atomic E-state index is -0.486. The minimum absolute atomic E-state index is 0.224. The fourth-order valence-electron chi connectivity index (χ4n) is 3.09. The summed E-state index contributed by atoms with van der Waals surface area (Å²) in [4.78, 5) is 0. The molecular weight excluding hydrogens is 266 g/mol. The minimum Gasteiger partial charge on any atom is -0.389 e. The molecule has 4 nitrogen and oxygen atoms in total. The molecule has 1 fully saturated rings. The fourth-order valence-corrected chi connectivity index (χ4v) is 3.09. The van der Waals surface area contributed by atoms with E-state index < -0.39 is 6.10 Å². The molecule has 2 aliphatic rings. The van der Waals surface area contributed by atoms with Gasteiger partial charge in [-0.3, -0.25) is 0 Å². The van der Waals surface area contributed by atoms with Crippen LogP contribution in [0.1, 0.15) is 30.4 Å². The van der Waals surface area contributed by atoms with Crippen LogP contribution in [0.4, 0.5) is 5.69 Å². The van der Waals surface area contributed by atoms with Crippen molar-refractivity contribution in [1.82, 2.24) is 0 Å². The Bertz CT molecular complexity index is 457. The van der Waals surface area contributed by atoms with E-state index >= 15 is 0 Å². The molecule has 4 heteroatoms. The predicted octanol–water partition coefficient (Wildman–Crippen LogP) is 2.14. The van der Waals surface area contributed by atoms with Crippen molar-refractivity contribution in [2.24, 2.45) is 0 Å². The van der Waals surface area contributed by atoms with Crippen LogP contribution in [-0.2, 0) is 22.3 Å². The highest BCUT2D eigenvalue weighted by Gasteiger charge is 2.16. The largest absolute Gasteiger partial charge is 0.389 e. The molecule has 2 N–H and O–H groups in total. The summed E-state index contributed by atoms with van der Waals surface area (Å²) in [5.41, 5.74) is 4.01. The molecule has 0 radical (unpaired) electrons. The number of fused-ring (bicyclic) bond motifs is 1. The molecule has 0 aromatic heterocycles. The summed E-state index contributed by atoms with van der Waals surface area (Å²) in [5.74, 6) is 0. The number of aliphatic hydroxyl groups is 1. The third-order valence-electron chi connectivity index (χ3n) is 4.28. The van der Waals surface area contributed by atoms with Crippen LogP contribution < -0.4 is 5.32 Å². The van der Waals surface area contributed by atoms with Crippen LogP contribution in [0.3, 0.4) is 0 Å². The summed E-state index contributed by atoms with van der Waals surface area (Å²) in [6, 6.07) is 6.51. The molecule has 21 heavy (non-hydrogen) atoms. The van der Waals surface area contributed by atoms with E-state index in [4.69, 9.17) is 9.47 Å². The van der Waals surface area contributed by atoms with Gasteiger partial charge in [-0.05, 0) is 55.4 Å². The molecule has 0 amide bonds. The van der Waals surface area contributed by atoms with Gasteiger partial charge in [-0.15, -0.1) is 0 Å². The van der Waals surface area contributed by atoms with Gasteiger partial charge in [0, 0.05) is 18.8 Å². The van der Waals surface area contributed by atoms with Crippen LogP contribution in [0.5, 0.6) is 0 Å². The first kappa shape index (κ1) is 14.8. The van der Waals surface area contributed by atoms with E-state index in [1.54, 1.807) is 0 Å². The van der Waals surface area contributed by atoms with Crippen LogP contribution in [-0.4, -0.2) is 43.7 Å². The van der Waals surface area contributed by atoms with Crippen LogP contribution in [0.25, 0.3) is 0 Å². The highest BCUT2D eigenvalue weighted by atomic mass is 16.5. The quantitative estimate of drug-likeness (QED) is 0.808. The Labute approximate surface area is 126 Å². The number of rotatable bonds is 7. The maximum Gasteiger partial charge on any atom is 0.0945 e. The highest BCUT2D eigenvalue weighted by molar-refractivity contribution is 5.50.